The Hall–Kier alpha value is -1.31. The number of carbonyl (C=O) groups is 1. The molecule has 0 aromatic heterocycles. The molecule has 0 aliphatic rings. The number of hydrogen-bond acceptors (Lipinski definition) is 2. The van der Waals surface area contributed by atoms with Crippen molar-refractivity contribution in [3.63, 3.8) is 0 Å². The Kier molecular flexibility index (Phi) is 4.11. The molecule has 2 heteroatoms. The van der Waals surface area contributed by atoms with E-state index in [0.29, 0.717) is 6.61 Å². The first-order valence-corrected chi connectivity index (χ1v) is 5.62. The molecule has 1 atom stereocenters. The van der Waals surface area contributed by atoms with E-state index in [0.717, 1.165) is 5.56 Å². The third-order valence-corrected chi connectivity index (χ3v) is 2.30. The summed E-state index contributed by atoms with van der Waals surface area (Å²) < 4.78 is 5.28. The van der Waals surface area contributed by atoms with Crippen LogP contribution in [0.25, 0.3) is 0 Å². The highest BCUT2D eigenvalue weighted by Crippen LogP contribution is 2.19. The zero-order valence-corrected chi connectivity index (χ0v) is 10.5. The van der Waals surface area contributed by atoms with Gasteiger partial charge in [-0.15, -0.1) is 0 Å². The molecule has 0 fully saturated rings. The molecule has 0 amide bonds. The van der Waals surface area contributed by atoms with Crippen LogP contribution < -0.4 is 0 Å². The summed E-state index contributed by atoms with van der Waals surface area (Å²) in [6, 6.07) is 9.70. The van der Waals surface area contributed by atoms with E-state index >= 15 is 0 Å². The number of rotatable bonds is 3. The maximum absolute atomic E-state index is 11.8. The van der Waals surface area contributed by atoms with Gasteiger partial charge in [0, 0.05) is 0 Å². The standard InChI is InChI=1S/C14H20O2/c1-11(12-8-6-5-7-9-12)13(15)16-10-14(2,3)4/h5-9,11H,10H2,1-4H3. The molecule has 88 valence electrons. The van der Waals surface area contributed by atoms with Crippen LogP contribution in [0.15, 0.2) is 30.3 Å². The Bertz CT molecular complexity index is 336. The fraction of sp³-hybridized carbons (Fsp3) is 0.500. The molecule has 0 N–H and O–H groups in total. The molecule has 0 spiro atoms. The lowest BCUT2D eigenvalue weighted by atomic mass is 9.98. The minimum absolute atomic E-state index is 0.0199. The third-order valence-electron chi connectivity index (χ3n) is 2.30. The highest BCUT2D eigenvalue weighted by Gasteiger charge is 2.19. The lowest BCUT2D eigenvalue weighted by Crippen LogP contribution is -2.21. The van der Waals surface area contributed by atoms with Crippen LogP contribution in [0.4, 0.5) is 0 Å². The van der Waals surface area contributed by atoms with E-state index in [9.17, 15) is 4.79 Å². The molecule has 0 aliphatic heterocycles. The minimum atomic E-state index is -0.191. The van der Waals surface area contributed by atoms with E-state index < -0.39 is 0 Å². The van der Waals surface area contributed by atoms with Crippen LogP contribution in [0.5, 0.6) is 0 Å². The maximum atomic E-state index is 11.8. The molecule has 2 nitrogen and oxygen atoms in total. The summed E-state index contributed by atoms with van der Waals surface area (Å²) in [7, 11) is 0. The Balaban J connectivity index is 2.55. The SMILES string of the molecule is CC(C(=O)OCC(C)(C)C)c1ccccc1. The second kappa shape index (κ2) is 5.15. The van der Waals surface area contributed by atoms with E-state index in [2.05, 4.69) is 0 Å². The van der Waals surface area contributed by atoms with Gasteiger partial charge < -0.3 is 4.74 Å². The summed E-state index contributed by atoms with van der Waals surface area (Å²) in [5, 5.41) is 0. The summed E-state index contributed by atoms with van der Waals surface area (Å²) in [6.07, 6.45) is 0. The van der Waals surface area contributed by atoms with Gasteiger partial charge in [-0.25, -0.2) is 0 Å². The quantitative estimate of drug-likeness (QED) is 0.730. The summed E-state index contributed by atoms with van der Waals surface area (Å²) >= 11 is 0. The van der Waals surface area contributed by atoms with E-state index in [1.165, 1.54) is 0 Å². The van der Waals surface area contributed by atoms with Crippen molar-refractivity contribution >= 4 is 5.97 Å². The number of esters is 1. The summed E-state index contributed by atoms with van der Waals surface area (Å²) in [5.74, 6) is -0.343. The van der Waals surface area contributed by atoms with Crippen molar-refractivity contribution in [3.05, 3.63) is 35.9 Å². The average molecular weight is 220 g/mol. The molecule has 16 heavy (non-hydrogen) atoms. The Morgan fingerprint density at radius 2 is 1.81 bits per heavy atom. The number of carbonyl (C=O) groups excluding carboxylic acids is 1. The van der Waals surface area contributed by atoms with Crippen LogP contribution in [0.3, 0.4) is 0 Å². The van der Waals surface area contributed by atoms with Crippen LogP contribution >= 0.6 is 0 Å². The van der Waals surface area contributed by atoms with E-state index in [1.807, 2.05) is 58.0 Å². The Morgan fingerprint density at radius 1 is 1.25 bits per heavy atom. The van der Waals surface area contributed by atoms with Gasteiger partial charge >= 0.3 is 5.97 Å². The highest BCUT2D eigenvalue weighted by atomic mass is 16.5. The maximum Gasteiger partial charge on any atom is 0.313 e. The Labute approximate surface area is 97.6 Å². The monoisotopic (exact) mass is 220 g/mol. The molecule has 0 bridgehead atoms. The van der Waals surface area contributed by atoms with Crippen LogP contribution in [-0.2, 0) is 9.53 Å². The van der Waals surface area contributed by atoms with Crippen molar-refractivity contribution in [2.75, 3.05) is 6.61 Å². The summed E-state index contributed by atoms with van der Waals surface area (Å²) in [4.78, 5) is 11.8. The molecule has 1 aromatic rings. The fourth-order valence-corrected chi connectivity index (χ4v) is 1.29. The fourth-order valence-electron chi connectivity index (χ4n) is 1.29. The molecular weight excluding hydrogens is 200 g/mol. The van der Waals surface area contributed by atoms with Gasteiger partial charge in [0.15, 0.2) is 0 Å². The second-order valence-corrected chi connectivity index (χ2v) is 5.30. The largest absolute Gasteiger partial charge is 0.465 e. The van der Waals surface area contributed by atoms with Gasteiger partial charge in [0.25, 0.3) is 0 Å². The smallest absolute Gasteiger partial charge is 0.313 e. The number of hydrogen-bond donors (Lipinski definition) is 0. The van der Waals surface area contributed by atoms with Gasteiger partial charge in [-0.3, -0.25) is 4.79 Å². The lowest BCUT2D eigenvalue weighted by Gasteiger charge is -2.19. The van der Waals surface area contributed by atoms with Crippen LogP contribution in [0.1, 0.15) is 39.2 Å². The van der Waals surface area contributed by atoms with Crippen molar-refractivity contribution in [3.8, 4) is 0 Å². The molecule has 0 saturated heterocycles. The molecule has 1 rings (SSSR count). The van der Waals surface area contributed by atoms with Gasteiger partial charge in [-0.2, -0.15) is 0 Å². The van der Waals surface area contributed by atoms with Gasteiger partial charge in [-0.05, 0) is 17.9 Å². The first-order chi connectivity index (χ1) is 7.40. The second-order valence-electron chi connectivity index (χ2n) is 5.30. The molecule has 0 heterocycles. The zero-order chi connectivity index (χ0) is 12.2. The predicted octanol–water partition coefficient (Wildman–Crippen LogP) is 3.38. The van der Waals surface area contributed by atoms with Crippen molar-refractivity contribution in [1.29, 1.82) is 0 Å². The van der Waals surface area contributed by atoms with Gasteiger partial charge in [0.1, 0.15) is 0 Å². The van der Waals surface area contributed by atoms with Crippen LogP contribution in [0.2, 0.25) is 0 Å². The molecule has 0 saturated carbocycles. The normalized spacial score (nSPS) is 13.2. The summed E-state index contributed by atoms with van der Waals surface area (Å²) in [5.41, 5.74) is 1.02. The molecular formula is C14H20O2. The van der Waals surface area contributed by atoms with Crippen LogP contribution in [0, 0.1) is 5.41 Å². The van der Waals surface area contributed by atoms with Crippen molar-refractivity contribution in [2.24, 2.45) is 5.41 Å². The number of benzene rings is 1. The highest BCUT2D eigenvalue weighted by molar-refractivity contribution is 5.77. The molecule has 0 aliphatic carbocycles. The van der Waals surface area contributed by atoms with Crippen LogP contribution in [-0.4, -0.2) is 12.6 Å². The first-order valence-electron chi connectivity index (χ1n) is 5.62. The Morgan fingerprint density at radius 3 is 2.31 bits per heavy atom. The summed E-state index contributed by atoms with van der Waals surface area (Å²) in [6.45, 7) is 8.48. The number of ether oxygens (including phenoxy) is 1. The van der Waals surface area contributed by atoms with E-state index in [1.54, 1.807) is 0 Å². The van der Waals surface area contributed by atoms with Crippen molar-refractivity contribution in [2.45, 2.75) is 33.6 Å². The van der Waals surface area contributed by atoms with E-state index in [-0.39, 0.29) is 17.3 Å². The topological polar surface area (TPSA) is 26.3 Å². The average Bonchev–Trinajstić information content (AvgIpc) is 2.25. The van der Waals surface area contributed by atoms with Gasteiger partial charge in [0.05, 0.1) is 12.5 Å². The third kappa shape index (κ3) is 4.05. The molecule has 0 radical (unpaired) electrons. The first kappa shape index (κ1) is 12.8. The van der Waals surface area contributed by atoms with Crippen molar-refractivity contribution in [1.82, 2.24) is 0 Å². The van der Waals surface area contributed by atoms with Gasteiger partial charge in [-0.1, -0.05) is 51.1 Å². The molecule has 1 unspecified atom stereocenters. The lowest BCUT2D eigenvalue weighted by molar-refractivity contribution is -0.147. The zero-order valence-electron chi connectivity index (χ0n) is 10.5. The molecule has 1 aromatic carbocycles. The van der Waals surface area contributed by atoms with Gasteiger partial charge in [0.2, 0.25) is 0 Å². The van der Waals surface area contributed by atoms with E-state index in [4.69, 9.17) is 4.74 Å². The van der Waals surface area contributed by atoms with Crippen molar-refractivity contribution < 1.29 is 9.53 Å². The minimum Gasteiger partial charge on any atom is -0.465 e. The predicted molar refractivity (Wildman–Crippen MR) is 65.3 cm³/mol.